The van der Waals surface area contributed by atoms with E-state index in [0.29, 0.717) is 30.0 Å². The maximum absolute atomic E-state index is 13.8. The standard InChI is InChI=1S/C16H23F2N3/c1-21-13-4-5-14(21)7-11(6-13)16(20-19)8-10-2-3-12(17)9-15(10)18/h2-3,9,11,13-14,16,20H,4-8,19H2,1H3. The van der Waals surface area contributed by atoms with Crippen molar-refractivity contribution in [3.63, 3.8) is 0 Å². The van der Waals surface area contributed by atoms with Crippen LogP contribution >= 0.6 is 0 Å². The lowest BCUT2D eigenvalue weighted by Gasteiger charge is -2.39. The van der Waals surface area contributed by atoms with Gasteiger partial charge in [-0.25, -0.2) is 8.78 Å². The topological polar surface area (TPSA) is 41.3 Å². The van der Waals surface area contributed by atoms with E-state index in [2.05, 4.69) is 17.4 Å². The van der Waals surface area contributed by atoms with Gasteiger partial charge in [0, 0.05) is 24.2 Å². The van der Waals surface area contributed by atoms with Gasteiger partial charge in [-0.3, -0.25) is 11.3 Å². The Morgan fingerprint density at radius 3 is 2.52 bits per heavy atom. The first kappa shape index (κ1) is 14.9. The molecular weight excluding hydrogens is 272 g/mol. The minimum Gasteiger partial charge on any atom is -0.300 e. The fourth-order valence-corrected chi connectivity index (χ4v) is 4.07. The Balaban J connectivity index is 1.71. The zero-order chi connectivity index (χ0) is 15.0. The quantitative estimate of drug-likeness (QED) is 0.661. The lowest BCUT2D eigenvalue weighted by atomic mass is 9.83. The molecule has 3 nitrogen and oxygen atoms in total. The minimum absolute atomic E-state index is 0.0433. The highest BCUT2D eigenvalue weighted by Crippen LogP contribution is 2.39. The summed E-state index contributed by atoms with van der Waals surface area (Å²) in [6, 6.07) is 5.08. The molecule has 116 valence electrons. The van der Waals surface area contributed by atoms with Gasteiger partial charge < -0.3 is 4.90 Å². The van der Waals surface area contributed by atoms with Crippen molar-refractivity contribution >= 4 is 0 Å². The molecule has 2 saturated heterocycles. The van der Waals surface area contributed by atoms with Crippen molar-refractivity contribution in [3.05, 3.63) is 35.4 Å². The summed E-state index contributed by atoms with van der Waals surface area (Å²) in [5.41, 5.74) is 3.40. The predicted molar refractivity (Wildman–Crippen MR) is 78.5 cm³/mol. The molecule has 2 fully saturated rings. The first-order valence-electron chi connectivity index (χ1n) is 7.70. The number of nitrogens with two attached hydrogens (primary N) is 1. The number of nitrogens with one attached hydrogen (secondary N) is 1. The summed E-state index contributed by atoms with van der Waals surface area (Å²) in [6.45, 7) is 0. The molecule has 0 radical (unpaired) electrons. The third-order valence-electron chi connectivity index (χ3n) is 5.37. The zero-order valence-electron chi connectivity index (χ0n) is 12.4. The number of benzene rings is 1. The van der Waals surface area contributed by atoms with Crippen LogP contribution < -0.4 is 11.3 Å². The van der Waals surface area contributed by atoms with Gasteiger partial charge in [0.05, 0.1) is 0 Å². The first-order chi connectivity index (χ1) is 10.1. The highest BCUT2D eigenvalue weighted by Gasteiger charge is 2.40. The van der Waals surface area contributed by atoms with Crippen LogP contribution in [0, 0.1) is 17.6 Å². The van der Waals surface area contributed by atoms with Gasteiger partial charge in [0.2, 0.25) is 0 Å². The van der Waals surface area contributed by atoms with Crippen LogP contribution in [0.25, 0.3) is 0 Å². The molecule has 0 amide bonds. The minimum atomic E-state index is -0.536. The third-order valence-corrected chi connectivity index (χ3v) is 5.37. The molecule has 5 heteroatoms. The Morgan fingerprint density at radius 1 is 1.29 bits per heavy atom. The fourth-order valence-electron chi connectivity index (χ4n) is 4.07. The molecule has 0 aliphatic carbocycles. The molecule has 3 atom stereocenters. The van der Waals surface area contributed by atoms with E-state index in [0.717, 1.165) is 18.9 Å². The van der Waals surface area contributed by atoms with Crippen LogP contribution in [0.1, 0.15) is 31.2 Å². The number of hydrogen-bond acceptors (Lipinski definition) is 3. The van der Waals surface area contributed by atoms with Crippen molar-refractivity contribution in [2.45, 2.75) is 50.2 Å². The Labute approximate surface area is 124 Å². The summed E-state index contributed by atoms with van der Waals surface area (Å²) >= 11 is 0. The average molecular weight is 295 g/mol. The van der Waals surface area contributed by atoms with Crippen molar-refractivity contribution in [1.29, 1.82) is 0 Å². The van der Waals surface area contributed by atoms with E-state index in [9.17, 15) is 8.78 Å². The van der Waals surface area contributed by atoms with Gasteiger partial charge in [-0.1, -0.05) is 6.07 Å². The molecular formula is C16H23F2N3. The first-order valence-corrected chi connectivity index (χ1v) is 7.70. The summed E-state index contributed by atoms with van der Waals surface area (Å²) in [4.78, 5) is 2.47. The number of halogens is 2. The highest BCUT2D eigenvalue weighted by molar-refractivity contribution is 5.20. The second kappa shape index (κ2) is 5.99. The highest BCUT2D eigenvalue weighted by atomic mass is 19.1. The molecule has 2 heterocycles. The molecule has 2 bridgehead atoms. The number of hydrogen-bond donors (Lipinski definition) is 2. The maximum Gasteiger partial charge on any atom is 0.129 e. The lowest BCUT2D eigenvalue weighted by molar-refractivity contribution is 0.112. The number of rotatable bonds is 4. The van der Waals surface area contributed by atoms with Gasteiger partial charge in [-0.15, -0.1) is 0 Å². The molecule has 2 aliphatic heterocycles. The summed E-state index contributed by atoms with van der Waals surface area (Å²) in [5.74, 6) is 5.15. The number of nitrogens with zero attached hydrogens (tertiary/aromatic N) is 1. The molecule has 0 aromatic heterocycles. The summed E-state index contributed by atoms with van der Waals surface area (Å²) in [6.07, 6.45) is 5.21. The van der Waals surface area contributed by atoms with E-state index >= 15 is 0 Å². The van der Waals surface area contributed by atoms with Crippen LogP contribution in [-0.2, 0) is 6.42 Å². The van der Waals surface area contributed by atoms with Crippen LogP contribution in [0.15, 0.2) is 18.2 Å². The molecule has 21 heavy (non-hydrogen) atoms. The van der Waals surface area contributed by atoms with E-state index in [1.807, 2.05) is 0 Å². The van der Waals surface area contributed by atoms with Crippen molar-refractivity contribution in [2.75, 3.05) is 7.05 Å². The van der Waals surface area contributed by atoms with E-state index in [1.54, 1.807) is 0 Å². The largest absolute Gasteiger partial charge is 0.300 e. The summed E-state index contributed by atoms with van der Waals surface area (Å²) in [7, 11) is 2.20. The SMILES string of the molecule is CN1C2CCC1CC(C(Cc1ccc(F)cc1F)NN)C2. The Hall–Kier alpha value is -1.04. The van der Waals surface area contributed by atoms with Gasteiger partial charge in [0.1, 0.15) is 11.6 Å². The molecule has 0 saturated carbocycles. The number of fused-ring (bicyclic) bond motifs is 2. The van der Waals surface area contributed by atoms with Crippen molar-refractivity contribution in [2.24, 2.45) is 11.8 Å². The predicted octanol–water partition coefficient (Wildman–Crippen LogP) is 2.21. The average Bonchev–Trinajstić information content (AvgIpc) is 2.68. The van der Waals surface area contributed by atoms with Gasteiger partial charge in [-0.05, 0) is 56.7 Å². The smallest absolute Gasteiger partial charge is 0.129 e. The van der Waals surface area contributed by atoms with E-state index in [-0.39, 0.29) is 6.04 Å². The Morgan fingerprint density at radius 2 is 1.95 bits per heavy atom. The van der Waals surface area contributed by atoms with Gasteiger partial charge in [0.15, 0.2) is 0 Å². The molecule has 3 unspecified atom stereocenters. The van der Waals surface area contributed by atoms with Gasteiger partial charge in [0.25, 0.3) is 0 Å². The Bertz CT molecular complexity index is 494. The lowest BCUT2D eigenvalue weighted by Crippen LogP contribution is -2.49. The molecule has 0 spiro atoms. The van der Waals surface area contributed by atoms with E-state index in [4.69, 9.17) is 5.84 Å². The second-order valence-corrected chi connectivity index (χ2v) is 6.49. The van der Waals surface area contributed by atoms with Crippen molar-refractivity contribution in [1.82, 2.24) is 10.3 Å². The van der Waals surface area contributed by atoms with Gasteiger partial charge in [-0.2, -0.15) is 0 Å². The van der Waals surface area contributed by atoms with Gasteiger partial charge >= 0.3 is 0 Å². The van der Waals surface area contributed by atoms with E-state index in [1.165, 1.54) is 25.0 Å². The summed E-state index contributed by atoms with van der Waals surface area (Å²) < 4.78 is 26.8. The third kappa shape index (κ3) is 2.96. The summed E-state index contributed by atoms with van der Waals surface area (Å²) in [5, 5.41) is 0. The fraction of sp³-hybridized carbons (Fsp3) is 0.625. The number of piperidine rings is 1. The van der Waals surface area contributed by atoms with Crippen LogP contribution in [0.4, 0.5) is 8.78 Å². The molecule has 2 aliphatic rings. The van der Waals surface area contributed by atoms with Crippen LogP contribution in [0.2, 0.25) is 0 Å². The van der Waals surface area contributed by atoms with Crippen LogP contribution in [-0.4, -0.2) is 30.1 Å². The zero-order valence-corrected chi connectivity index (χ0v) is 12.4. The molecule has 3 rings (SSSR count). The molecule has 3 N–H and O–H groups in total. The second-order valence-electron chi connectivity index (χ2n) is 6.49. The maximum atomic E-state index is 13.8. The molecule has 1 aromatic carbocycles. The van der Waals surface area contributed by atoms with E-state index < -0.39 is 11.6 Å². The Kier molecular flexibility index (Phi) is 4.24. The monoisotopic (exact) mass is 295 g/mol. The molecule has 1 aromatic rings. The number of hydrazine groups is 1. The van der Waals surface area contributed by atoms with Crippen molar-refractivity contribution in [3.8, 4) is 0 Å². The van der Waals surface area contributed by atoms with Crippen LogP contribution in [0.5, 0.6) is 0 Å². The van der Waals surface area contributed by atoms with Crippen molar-refractivity contribution < 1.29 is 8.78 Å². The van der Waals surface area contributed by atoms with Crippen LogP contribution in [0.3, 0.4) is 0 Å². The normalized spacial score (nSPS) is 30.6.